The van der Waals surface area contributed by atoms with Gasteiger partial charge in [0, 0.05) is 33.0 Å². The van der Waals surface area contributed by atoms with E-state index in [1.54, 1.807) is 29.2 Å². The van der Waals surface area contributed by atoms with E-state index in [9.17, 15) is 18.0 Å². The van der Waals surface area contributed by atoms with Crippen LogP contribution < -0.4 is 4.74 Å². The van der Waals surface area contributed by atoms with E-state index in [2.05, 4.69) is 0 Å². The van der Waals surface area contributed by atoms with Gasteiger partial charge in [0.15, 0.2) is 9.84 Å². The van der Waals surface area contributed by atoms with Gasteiger partial charge in [-0.1, -0.05) is 12.1 Å². The van der Waals surface area contributed by atoms with E-state index in [1.165, 1.54) is 11.9 Å². The third-order valence-electron chi connectivity index (χ3n) is 5.13. The van der Waals surface area contributed by atoms with Crippen LogP contribution in [0.2, 0.25) is 0 Å². The van der Waals surface area contributed by atoms with Gasteiger partial charge in [0.25, 0.3) is 5.91 Å². The lowest BCUT2D eigenvalue weighted by Gasteiger charge is -2.42. The number of nitrogens with zero attached hydrogens (tertiary/aromatic N) is 2. The topological polar surface area (TPSA) is 84.0 Å². The number of piperidine rings is 1. The summed E-state index contributed by atoms with van der Waals surface area (Å²) in [4.78, 5) is 26.5. The van der Waals surface area contributed by atoms with Crippen LogP contribution in [0, 0.1) is 0 Å². The summed E-state index contributed by atoms with van der Waals surface area (Å²) < 4.78 is 30.4. The van der Waals surface area contributed by atoms with Crippen LogP contribution in [-0.2, 0) is 14.6 Å². The van der Waals surface area contributed by atoms with Gasteiger partial charge in [-0.2, -0.15) is 0 Å². The van der Waals surface area contributed by atoms with Crippen molar-refractivity contribution in [3.05, 3.63) is 29.8 Å². The number of rotatable bonds is 3. The Hall–Kier alpha value is -2.09. The highest BCUT2D eigenvalue weighted by atomic mass is 32.2. The molecule has 8 heteroatoms. The van der Waals surface area contributed by atoms with E-state index in [-0.39, 0.29) is 37.7 Å². The monoisotopic (exact) mass is 366 g/mol. The highest BCUT2D eigenvalue weighted by Gasteiger charge is 2.57. The number of amides is 2. The van der Waals surface area contributed by atoms with Gasteiger partial charge in [-0.3, -0.25) is 9.59 Å². The van der Waals surface area contributed by atoms with Crippen molar-refractivity contribution in [2.45, 2.75) is 24.6 Å². The predicted molar refractivity (Wildman–Crippen MR) is 92.0 cm³/mol. The third kappa shape index (κ3) is 2.78. The normalized spacial score (nSPS) is 21.6. The summed E-state index contributed by atoms with van der Waals surface area (Å²) in [6, 6.07) is 7.03. The molecule has 0 N–H and O–H groups in total. The van der Waals surface area contributed by atoms with Crippen molar-refractivity contribution in [1.29, 1.82) is 0 Å². The van der Waals surface area contributed by atoms with E-state index in [0.717, 1.165) is 0 Å². The molecule has 136 valence electrons. The van der Waals surface area contributed by atoms with Crippen LogP contribution in [0.15, 0.2) is 24.3 Å². The van der Waals surface area contributed by atoms with Crippen LogP contribution in [0.4, 0.5) is 0 Å². The van der Waals surface area contributed by atoms with Gasteiger partial charge in [0.2, 0.25) is 5.91 Å². The van der Waals surface area contributed by atoms with Gasteiger partial charge < -0.3 is 14.5 Å². The summed E-state index contributed by atoms with van der Waals surface area (Å²) in [6.45, 7) is 2.88. The lowest BCUT2D eigenvalue weighted by Crippen LogP contribution is -2.55. The molecule has 3 rings (SSSR count). The number of hydrogen-bond donors (Lipinski definition) is 0. The number of carbonyl (C=O) groups excluding carboxylic acids is 2. The van der Waals surface area contributed by atoms with Crippen LogP contribution in [-0.4, -0.2) is 67.4 Å². The minimum absolute atomic E-state index is 0.178. The number of hydrogen-bond acceptors (Lipinski definition) is 5. The Bertz CT molecular complexity index is 797. The molecule has 2 aliphatic rings. The first kappa shape index (κ1) is 17.7. The number of benzene rings is 1. The second-order valence-electron chi connectivity index (χ2n) is 6.38. The summed E-state index contributed by atoms with van der Waals surface area (Å²) >= 11 is 0. The van der Waals surface area contributed by atoms with Crippen molar-refractivity contribution in [3.63, 3.8) is 0 Å². The predicted octanol–water partition coefficient (Wildman–Crippen LogP) is 0.904. The summed E-state index contributed by atoms with van der Waals surface area (Å²) in [5.74, 6) is -0.467. The van der Waals surface area contributed by atoms with Gasteiger partial charge in [-0.05, 0) is 19.1 Å². The van der Waals surface area contributed by atoms with Crippen molar-refractivity contribution >= 4 is 21.7 Å². The Labute approximate surface area is 147 Å². The van der Waals surface area contributed by atoms with Crippen molar-refractivity contribution in [2.24, 2.45) is 0 Å². The first-order chi connectivity index (χ1) is 11.8. The van der Waals surface area contributed by atoms with Crippen LogP contribution in [0.25, 0.3) is 0 Å². The molecule has 2 amide bonds. The molecule has 0 aliphatic carbocycles. The first-order valence-corrected chi connectivity index (χ1v) is 9.98. The molecule has 1 aromatic carbocycles. The number of ether oxygens (including phenoxy) is 1. The van der Waals surface area contributed by atoms with Gasteiger partial charge in [0.1, 0.15) is 16.4 Å². The number of sulfone groups is 1. The number of likely N-dealkylation sites (tertiary alicyclic amines) is 1. The largest absolute Gasteiger partial charge is 0.493 e. The number of carbonyl (C=O) groups is 2. The zero-order valence-electron chi connectivity index (χ0n) is 14.4. The van der Waals surface area contributed by atoms with Gasteiger partial charge in [0.05, 0.1) is 12.2 Å². The quantitative estimate of drug-likeness (QED) is 0.794. The highest BCUT2D eigenvalue weighted by molar-refractivity contribution is 7.93. The van der Waals surface area contributed by atoms with E-state index in [0.29, 0.717) is 17.9 Å². The zero-order chi connectivity index (χ0) is 18.2. The molecule has 2 aliphatic heterocycles. The van der Waals surface area contributed by atoms with Crippen molar-refractivity contribution in [2.75, 3.05) is 32.5 Å². The summed E-state index contributed by atoms with van der Waals surface area (Å²) in [5, 5.41) is 0. The molecule has 25 heavy (non-hydrogen) atoms. The van der Waals surface area contributed by atoms with Crippen molar-refractivity contribution < 1.29 is 22.7 Å². The summed E-state index contributed by atoms with van der Waals surface area (Å²) in [6.07, 6.45) is 0.472. The molecule has 2 heterocycles. The molecule has 0 atom stereocenters. The molecule has 0 radical (unpaired) electrons. The minimum Gasteiger partial charge on any atom is -0.493 e. The maximum atomic E-state index is 12.8. The van der Waals surface area contributed by atoms with Gasteiger partial charge >= 0.3 is 0 Å². The molecule has 2 saturated heterocycles. The fraction of sp³-hybridized carbons (Fsp3) is 0.529. The Morgan fingerprint density at radius 3 is 2.44 bits per heavy atom. The molecular formula is C17H22N2O5S. The van der Waals surface area contributed by atoms with Crippen LogP contribution in [0.3, 0.4) is 0 Å². The lowest BCUT2D eigenvalue weighted by atomic mass is 10.0. The Balaban J connectivity index is 1.79. The maximum Gasteiger partial charge on any atom is 0.257 e. The van der Waals surface area contributed by atoms with E-state index in [1.807, 2.05) is 6.92 Å². The molecule has 1 spiro atoms. The number of para-hydroxylation sites is 1. The van der Waals surface area contributed by atoms with E-state index in [4.69, 9.17) is 4.74 Å². The molecule has 7 nitrogen and oxygen atoms in total. The molecule has 0 saturated carbocycles. The second-order valence-corrected chi connectivity index (χ2v) is 8.66. The standard InChI is InChI=1S/C17H22N2O5S/c1-3-24-14-7-5-4-6-13(14)16(21)19-10-8-17(9-11-19)18(2)15(20)12-25(17,22)23/h4-7H,3,8-12H2,1-2H3. The van der Waals surface area contributed by atoms with Crippen molar-refractivity contribution in [3.8, 4) is 5.75 Å². The molecule has 0 bridgehead atoms. The third-order valence-corrected chi connectivity index (χ3v) is 7.59. The fourth-order valence-corrected chi connectivity index (χ4v) is 5.74. The molecule has 0 aromatic heterocycles. The summed E-state index contributed by atoms with van der Waals surface area (Å²) in [7, 11) is -1.99. The fourth-order valence-electron chi connectivity index (χ4n) is 3.63. The Morgan fingerprint density at radius 2 is 1.88 bits per heavy atom. The smallest absolute Gasteiger partial charge is 0.257 e. The summed E-state index contributed by atoms with van der Waals surface area (Å²) in [5.41, 5.74) is 0.471. The molecule has 2 fully saturated rings. The average Bonchev–Trinajstić information content (AvgIpc) is 2.76. The van der Waals surface area contributed by atoms with E-state index < -0.39 is 20.5 Å². The van der Waals surface area contributed by atoms with Gasteiger partial charge in [-0.25, -0.2) is 8.42 Å². The molecule has 1 aromatic rings. The highest BCUT2D eigenvalue weighted by Crippen LogP contribution is 2.39. The SMILES string of the molecule is CCOc1ccccc1C(=O)N1CCC2(CC1)N(C)C(=O)CS2(=O)=O. The van der Waals surface area contributed by atoms with Gasteiger partial charge in [-0.15, -0.1) is 0 Å². The lowest BCUT2D eigenvalue weighted by molar-refractivity contribution is -0.129. The maximum absolute atomic E-state index is 12.8. The Kier molecular flexibility index (Phi) is 4.49. The van der Waals surface area contributed by atoms with Crippen LogP contribution in [0.1, 0.15) is 30.1 Å². The average molecular weight is 366 g/mol. The van der Waals surface area contributed by atoms with Crippen LogP contribution in [0.5, 0.6) is 5.75 Å². The second kappa shape index (κ2) is 6.33. The van der Waals surface area contributed by atoms with Crippen LogP contribution >= 0.6 is 0 Å². The minimum atomic E-state index is -3.52. The first-order valence-electron chi connectivity index (χ1n) is 8.32. The molecule has 0 unspecified atom stereocenters. The zero-order valence-corrected chi connectivity index (χ0v) is 15.2. The molecular weight excluding hydrogens is 344 g/mol. The van der Waals surface area contributed by atoms with E-state index >= 15 is 0 Å². The Morgan fingerprint density at radius 1 is 1.24 bits per heavy atom. The van der Waals surface area contributed by atoms with Crippen molar-refractivity contribution in [1.82, 2.24) is 9.80 Å².